The van der Waals surface area contributed by atoms with Gasteiger partial charge in [0.25, 0.3) is 0 Å². The predicted molar refractivity (Wildman–Crippen MR) is 87.2 cm³/mol. The molecule has 0 radical (unpaired) electrons. The average molecular weight is 350 g/mol. The molecule has 0 unspecified atom stereocenters. The molecule has 2 aromatic heterocycles. The van der Waals surface area contributed by atoms with Gasteiger partial charge in [0, 0.05) is 18.1 Å². The van der Waals surface area contributed by atoms with Crippen molar-refractivity contribution in [2.75, 3.05) is 5.32 Å². The third-order valence-corrected chi connectivity index (χ3v) is 3.49. The van der Waals surface area contributed by atoms with Crippen molar-refractivity contribution in [3.05, 3.63) is 71.6 Å². The van der Waals surface area contributed by atoms with Crippen molar-refractivity contribution in [2.24, 2.45) is 0 Å². The van der Waals surface area contributed by atoms with Gasteiger partial charge in [-0.25, -0.2) is 9.97 Å². The lowest BCUT2D eigenvalue weighted by Crippen LogP contribution is -2.05. The molecule has 0 spiro atoms. The van der Waals surface area contributed by atoms with Gasteiger partial charge in [-0.3, -0.25) is 0 Å². The molecule has 3 nitrogen and oxygen atoms in total. The second-order valence-corrected chi connectivity index (χ2v) is 5.39. The Kier molecular flexibility index (Phi) is 4.40. The smallest absolute Gasteiger partial charge is 0.340 e. The average Bonchev–Trinajstić information content (AvgIpc) is 2.55. The maximum atomic E-state index is 12.8. The number of rotatable bonds is 3. The summed E-state index contributed by atoms with van der Waals surface area (Å²) in [4.78, 5) is 8.05. The SMILES string of the molecule is FC(F)(F)c1cccc(Nc2cc(-c3ccnc(Cl)c3)ccn2)c1. The van der Waals surface area contributed by atoms with Crippen molar-refractivity contribution < 1.29 is 13.2 Å². The van der Waals surface area contributed by atoms with E-state index in [9.17, 15) is 13.2 Å². The van der Waals surface area contributed by atoms with Crippen LogP contribution in [0.3, 0.4) is 0 Å². The van der Waals surface area contributed by atoms with Gasteiger partial charge in [0.2, 0.25) is 0 Å². The van der Waals surface area contributed by atoms with Crippen LogP contribution >= 0.6 is 11.6 Å². The van der Waals surface area contributed by atoms with Gasteiger partial charge in [-0.2, -0.15) is 13.2 Å². The Bertz CT molecular complexity index is 865. The van der Waals surface area contributed by atoms with E-state index in [1.165, 1.54) is 6.07 Å². The standard InChI is InChI=1S/C17H11ClF3N3/c18-15-8-11(4-6-22-15)12-5-7-23-16(9-12)24-14-3-1-2-13(10-14)17(19,20)21/h1-10H,(H,23,24). The molecule has 122 valence electrons. The Balaban J connectivity index is 1.88. The van der Waals surface area contributed by atoms with Crippen LogP contribution in [0.25, 0.3) is 11.1 Å². The number of nitrogens with zero attached hydrogens (tertiary/aromatic N) is 2. The third-order valence-electron chi connectivity index (χ3n) is 3.28. The first kappa shape index (κ1) is 16.3. The maximum Gasteiger partial charge on any atom is 0.416 e. The third kappa shape index (κ3) is 3.83. The minimum atomic E-state index is -4.39. The van der Waals surface area contributed by atoms with Crippen LogP contribution < -0.4 is 5.32 Å². The van der Waals surface area contributed by atoms with E-state index in [2.05, 4.69) is 15.3 Å². The van der Waals surface area contributed by atoms with E-state index >= 15 is 0 Å². The number of nitrogens with one attached hydrogen (secondary N) is 1. The summed E-state index contributed by atoms with van der Waals surface area (Å²) >= 11 is 5.88. The molecule has 0 amide bonds. The van der Waals surface area contributed by atoms with Gasteiger partial charge in [-0.15, -0.1) is 0 Å². The highest BCUT2D eigenvalue weighted by atomic mass is 35.5. The quantitative estimate of drug-likeness (QED) is 0.629. The first-order chi connectivity index (χ1) is 11.4. The second-order valence-electron chi connectivity index (χ2n) is 5.00. The topological polar surface area (TPSA) is 37.8 Å². The van der Waals surface area contributed by atoms with Crippen molar-refractivity contribution in [3.63, 3.8) is 0 Å². The van der Waals surface area contributed by atoms with Crippen LogP contribution in [0, 0.1) is 0 Å². The molecule has 0 saturated heterocycles. The van der Waals surface area contributed by atoms with E-state index in [-0.39, 0.29) is 0 Å². The zero-order chi connectivity index (χ0) is 17.2. The number of halogens is 4. The Morgan fingerprint density at radius 3 is 2.29 bits per heavy atom. The normalized spacial score (nSPS) is 11.3. The molecule has 1 N–H and O–H groups in total. The van der Waals surface area contributed by atoms with Gasteiger partial charge in [-0.05, 0) is 53.6 Å². The van der Waals surface area contributed by atoms with Gasteiger partial charge >= 0.3 is 6.18 Å². The van der Waals surface area contributed by atoms with Gasteiger partial charge in [0.15, 0.2) is 0 Å². The lowest BCUT2D eigenvalue weighted by molar-refractivity contribution is -0.137. The molecule has 1 aromatic carbocycles. The molecular formula is C17H11ClF3N3. The lowest BCUT2D eigenvalue weighted by Gasteiger charge is -2.11. The van der Waals surface area contributed by atoms with Crippen molar-refractivity contribution in [2.45, 2.75) is 6.18 Å². The van der Waals surface area contributed by atoms with Crippen molar-refractivity contribution >= 4 is 23.1 Å². The van der Waals surface area contributed by atoms with E-state index < -0.39 is 11.7 Å². The summed E-state index contributed by atoms with van der Waals surface area (Å²) in [5, 5.41) is 3.24. The Labute approximate surface area is 141 Å². The highest BCUT2D eigenvalue weighted by Crippen LogP contribution is 2.31. The van der Waals surface area contributed by atoms with Crippen molar-refractivity contribution in [3.8, 4) is 11.1 Å². The van der Waals surface area contributed by atoms with Gasteiger partial charge in [0.1, 0.15) is 11.0 Å². The minimum Gasteiger partial charge on any atom is -0.340 e. The number of benzene rings is 1. The van der Waals surface area contributed by atoms with Gasteiger partial charge in [-0.1, -0.05) is 17.7 Å². The summed E-state index contributed by atoms with van der Waals surface area (Å²) in [6.07, 6.45) is -1.24. The molecule has 0 aliphatic heterocycles. The Morgan fingerprint density at radius 1 is 0.875 bits per heavy atom. The first-order valence-corrected chi connectivity index (χ1v) is 7.32. The second kappa shape index (κ2) is 6.49. The maximum absolute atomic E-state index is 12.8. The number of hydrogen-bond acceptors (Lipinski definition) is 3. The highest BCUT2D eigenvalue weighted by molar-refractivity contribution is 6.29. The van der Waals surface area contributed by atoms with Crippen LogP contribution in [0.2, 0.25) is 5.15 Å². The van der Waals surface area contributed by atoms with Crippen molar-refractivity contribution in [1.82, 2.24) is 9.97 Å². The van der Waals surface area contributed by atoms with Crippen LogP contribution in [0.4, 0.5) is 24.7 Å². The summed E-state index contributed by atoms with van der Waals surface area (Å²) in [5.74, 6) is 0.430. The number of aromatic nitrogens is 2. The number of alkyl halides is 3. The summed E-state index contributed by atoms with van der Waals surface area (Å²) in [6, 6.07) is 11.9. The molecule has 3 aromatic rings. The Morgan fingerprint density at radius 2 is 1.58 bits per heavy atom. The largest absolute Gasteiger partial charge is 0.416 e. The zero-order valence-electron chi connectivity index (χ0n) is 12.2. The number of pyridine rings is 2. The van der Waals surface area contributed by atoms with E-state index in [1.54, 1.807) is 42.7 Å². The zero-order valence-corrected chi connectivity index (χ0v) is 12.9. The van der Waals surface area contributed by atoms with E-state index in [0.717, 1.165) is 23.3 Å². The fraction of sp³-hybridized carbons (Fsp3) is 0.0588. The highest BCUT2D eigenvalue weighted by Gasteiger charge is 2.30. The van der Waals surface area contributed by atoms with Crippen LogP contribution in [-0.4, -0.2) is 9.97 Å². The molecule has 0 saturated carbocycles. The molecule has 2 heterocycles. The number of anilines is 2. The lowest BCUT2D eigenvalue weighted by atomic mass is 10.1. The fourth-order valence-electron chi connectivity index (χ4n) is 2.18. The van der Waals surface area contributed by atoms with Crippen LogP contribution in [0.1, 0.15) is 5.56 Å². The Hall–Kier alpha value is -2.60. The molecule has 24 heavy (non-hydrogen) atoms. The first-order valence-electron chi connectivity index (χ1n) is 6.94. The van der Waals surface area contributed by atoms with Gasteiger partial charge < -0.3 is 5.32 Å². The van der Waals surface area contributed by atoms with Gasteiger partial charge in [0.05, 0.1) is 5.56 Å². The van der Waals surface area contributed by atoms with E-state index in [1.807, 2.05) is 0 Å². The minimum absolute atomic E-state index is 0.308. The molecule has 0 fully saturated rings. The number of hydrogen-bond donors (Lipinski definition) is 1. The van der Waals surface area contributed by atoms with Crippen LogP contribution in [-0.2, 0) is 6.18 Å². The molecule has 0 atom stereocenters. The molecule has 0 aliphatic rings. The molecular weight excluding hydrogens is 339 g/mol. The summed E-state index contributed by atoms with van der Waals surface area (Å²) in [5.41, 5.74) is 1.25. The summed E-state index contributed by atoms with van der Waals surface area (Å²) in [7, 11) is 0. The summed E-state index contributed by atoms with van der Waals surface area (Å²) in [6.45, 7) is 0. The van der Waals surface area contributed by atoms with E-state index in [4.69, 9.17) is 11.6 Å². The predicted octanol–water partition coefficient (Wildman–Crippen LogP) is 5.56. The summed E-state index contributed by atoms with van der Waals surface area (Å²) < 4.78 is 38.3. The fourth-order valence-corrected chi connectivity index (χ4v) is 2.36. The molecule has 0 bridgehead atoms. The van der Waals surface area contributed by atoms with Crippen molar-refractivity contribution in [1.29, 1.82) is 0 Å². The molecule has 3 rings (SSSR count). The monoisotopic (exact) mass is 349 g/mol. The molecule has 0 aliphatic carbocycles. The van der Waals surface area contributed by atoms with E-state index in [0.29, 0.717) is 16.7 Å². The van der Waals surface area contributed by atoms with Crippen LogP contribution in [0.15, 0.2) is 60.9 Å². The molecule has 7 heteroatoms. The van der Waals surface area contributed by atoms with Crippen LogP contribution in [0.5, 0.6) is 0 Å².